The molecule has 0 spiro atoms. The summed E-state index contributed by atoms with van der Waals surface area (Å²) in [6.45, 7) is 12.0. The number of aldehydes is 1. The van der Waals surface area contributed by atoms with E-state index in [1.807, 2.05) is 82.4 Å². The second kappa shape index (κ2) is 26.9. The highest BCUT2D eigenvalue weighted by atomic mass is 16.7. The van der Waals surface area contributed by atoms with Crippen molar-refractivity contribution in [1.82, 2.24) is 9.88 Å². The molecule has 17 nitrogen and oxygen atoms in total. The first-order chi connectivity index (χ1) is 33.4. The molecule has 1 aromatic heterocycles. The Labute approximate surface area is 412 Å². The molecule has 388 valence electrons. The van der Waals surface area contributed by atoms with Gasteiger partial charge in [0.25, 0.3) is 0 Å². The third-order valence-corrected chi connectivity index (χ3v) is 13.7. The number of fused-ring (bicyclic) bond motifs is 1. The summed E-state index contributed by atoms with van der Waals surface area (Å²) in [5.41, 5.74) is 2.59. The van der Waals surface area contributed by atoms with Gasteiger partial charge in [-0.2, -0.15) is 0 Å². The Morgan fingerprint density at radius 3 is 2.33 bits per heavy atom. The summed E-state index contributed by atoms with van der Waals surface area (Å²) in [5.74, 6) is -4.14. The van der Waals surface area contributed by atoms with Crippen LogP contribution in [-0.2, 0) is 68.2 Å². The van der Waals surface area contributed by atoms with Crippen LogP contribution in [0.15, 0.2) is 72.7 Å². The Hall–Kier alpha value is -4.43. The molecule has 4 heterocycles. The molecule has 2 saturated heterocycles. The smallest absolute Gasteiger partial charge is 0.308 e. The second-order valence-electron chi connectivity index (χ2n) is 19.2. The predicted octanol–water partition coefficient (Wildman–Crippen LogP) is 5.46. The number of nitrogens with zero attached hydrogens (tertiary/aromatic N) is 2. The molecule has 1 aromatic carbocycles. The number of hydrogen-bond acceptors (Lipinski definition) is 17. The van der Waals surface area contributed by atoms with Crippen molar-refractivity contribution < 1.29 is 72.0 Å². The Morgan fingerprint density at radius 1 is 0.943 bits per heavy atom. The molecule has 2 N–H and O–H groups in total. The Kier molecular flexibility index (Phi) is 21.7. The number of pyridine rings is 1. The minimum atomic E-state index is -1.36. The largest absolute Gasteiger partial charge is 0.494 e. The number of ketones is 1. The fourth-order valence-electron chi connectivity index (χ4n) is 9.78. The third kappa shape index (κ3) is 14.8. The van der Waals surface area contributed by atoms with Gasteiger partial charge in [0.15, 0.2) is 24.5 Å². The standard InChI is InChI=1S/C53H76N2O15/c1-12-43-39(29-65-52-51(63-11)50(62-10)46(61)33(5)66-52)24-30(2)19-20-41(58)31(3)25-38(21-22-56)47(32(4)42(59)27-44(60)69-43)70-53-49(68-35(7)57)45(55(8)9)48(34(6)67-53)64-23-15-16-36-26-37-17-13-14-18-40(37)54-28-36/h13-15,17-20,22-24,26,28,31-34,38-39,42-43,45-53,59,61H,12,16,21,25,27,29H2,1-11H3/b20-19+,23-15+,30-24+/t31-,32+,33-,34-,38+,39-,42-,43-,45+,46-,47-,48-,49-,50-,51-,52-,53+/m1/s1. The highest BCUT2D eigenvalue weighted by Gasteiger charge is 2.51. The van der Waals surface area contributed by atoms with E-state index in [0.29, 0.717) is 18.4 Å². The van der Waals surface area contributed by atoms with Crippen LogP contribution in [0, 0.1) is 23.7 Å². The first-order valence-electron chi connectivity index (χ1n) is 24.4. The minimum absolute atomic E-state index is 0.00415. The van der Waals surface area contributed by atoms with E-state index in [-0.39, 0.29) is 25.2 Å². The summed E-state index contributed by atoms with van der Waals surface area (Å²) in [6.07, 6.45) is 0.963. The zero-order chi connectivity index (χ0) is 51.2. The number of cyclic esters (lactones) is 1. The highest BCUT2D eigenvalue weighted by Crippen LogP contribution is 2.36. The number of methoxy groups -OCH3 is 2. The van der Waals surface area contributed by atoms with E-state index in [1.54, 1.807) is 33.1 Å². The zero-order valence-corrected chi connectivity index (χ0v) is 42.6. The summed E-state index contributed by atoms with van der Waals surface area (Å²) in [7, 11) is 6.60. The van der Waals surface area contributed by atoms with Gasteiger partial charge >= 0.3 is 11.9 Å². The number of carbonyl (C=O) groups excluding carboxylic acids is 4. The molecule has 0 radical (unpaired) electrons. The summed E-state index contributed by atoms with van der Waals surface area (Å²) >= 11 is 0. The highest BCUT2D eigenvalue weighted by molar-refractivity contribution is 5.91. The van der Waals surface area contributed by atoms with E-state index in [4.69, 9.17) is 42.6 Å². The number of aliphatic hydroxyl groups is 2. The summed E-state index contributed by atoms with van der Waals surface area (Å²) < 4.78 is 55.4. The molecule has 0 bridgehead atoms. The van der Waals surface area contributed by atoms with Crippen LogP contribution in [0.3, 0.4) is 0 Å². The number of likely N-dealkylation sites (N-methyl/N-ethyl adjacent to an activating group) is 1. The van der Waals surface area contributed by atoms with Crippen LogP contribution < -0.4 is 0 Å². The Balaban J connectivity index is 1.41. The lowest BCUT2D eigenvalue weighted by molar-refractivity contribution is -0.307. The number of hydrogen-bond donors (Lipinski definition) is 2. The fourth-order valence-corrected chi connectivity index (χ4v) is 9.78. The molecule has 0 amide bonds. The first-order valence-corrected chi connectivity index (χ1v) is 24.4. The van der Waals surface area contributed by atoms with Gasteiger partial charge in [0, 0.05) is 56.9 Å². The molecule has 3 aliphatic rings. The molecule has 2 fully saturated rings. The van der Waals surface area contributed by atoms with Crippen molar-refractivity contribution in [1.29, 1.82) is 0 Å². The van der Waals surface area contributed by atoms with E-state index in [2.05, 4.69) is 11.1 Å². The molecule has 0 unspecified atom stereocenters. The van der Waals surface area contributed by atoms with Gasteiger partial charge in [-0.25, -0.2) is 0 Å². The average Bonchev–Trinajstić information content (AvgIpc) is 3.32. The third-order valence-electron chi connectivity index (χ3n) is 13.7. The number of aliphatic hydroxyl groups excluding tert-OH is 2. The Bertz CT molecular complexity index is 2110. The van der Waals surface area contributed by atoms with Crippen molar-refractivity contribution in [2.45, 2.75) is 160 Å². The van der Waals surface area contributed by atoms with Crippen molar-refractivity contribution in [3.63, 3.8) is 0 Å². The minimum Gasteiger partial charge on any atom is -0.494 e. The van der Waals surface area contributed by atoms with Crippen molar-refractivity contribution in [3.8, 4) is 0 Å². The van der Waals surface area contributed by atoms with Crippen LogP contribution in [0.5, 0.6) is 0 Å². The number of benzene rings is 1. The van der Waals surface area contributed by atoms with Gasteiger partial charge in [-0.05, 0) is 89.9 Å². The second-order valence-corrected chi connectivity index (χ2v) is 19.2. The lowest BCUT2D eigenvalue weighted by atomic mass is 9.79. The quantitative estimate of drug-likeness (QED) is 0.122. The van der Waals surface area contributed by atoms with Crippen molar-refractivity contribution in [2.24, 2.45) is 23.7 Å². The van der Waals surface area contributed by atoms with Crippen molar-refractivity contribution in [2.75, 3.05) is 34.9 Å². The maximum Gasteiger partial charge on any atom is 0.308 e. The van der Waals surface area contributed by atoms with Crippen LogP contribution in [0.4, 0.5) is 0 Å². The number of ether oxygens (including phenoxy) is 9. The van der Waals surface area contributed by atoms with Gasteiger partial charge in [-0.15, -0.1) is 0 Å². The molecular weight excluding hydrogens is 905 g/mol. The van der Waals surface area contributed by atoms with Gasteiger partial charge in [0.2, 0.25) is 0 Å². The summed E-state index contributed by atoms with van der Waals surface area (Å²) in [4.78, 5) is 59.5. The molecule has 0 saturated carbocycles. The van der Waals surface area contributed by atoms with E-state index in [1.165, 1.54) is 27.2 Å². The number of allylic oxidation sites excluding steroid dienone is 4. The van der Waals surface area contributed by atoms with Crippen LogP contribution in [0.25, 0.3) is 10.9 Å². The van der Waals surface area contributed by atoms with E-state index in [9.17, 15) is 29.4 Å². The average molecular weight is 981 g/mol. The number of rotatable bonds is 16. The van der Waals surface area contributed by atoms with Gasteiger partial charge < -0.3 is 57.6 Å². The van der Waals surface area contributed by atoms with Gasteiger partial charge in [-0.1, -0.05) is 56.7 Å². The van der Waals surface area contributed by atoms with Gasteiger partial charge in [-0.3, -0.25) is 24.3 Å². The maximum atomic E-state index is 13.9. The van der Waals surface area contributed by atoms with Crippen LogP contribution >= 0.6 is 0 Å². The number of para-hydroxylation sites is 1. The normalized spacial score (nSPS) is 36.3. The van der Waals surface area contributed by atoms with Crippen LogP contribution in [0.2, 0.25) is 0 Å². The number of aromatic nitrogens is 1. The molecule has 17 heteroatoms. The molecule has 17 atom stereocenters. The molecule has 70 heavy (non-hydrogen) atoms. The molecule has 3 aliphatic heterocycles. The van der Waals surface area contributed by atoms with E-state index >= 15 is 0 Å². The predicted molar refractivity (Wildman–Crippen MR) is 259 cm³/mol. The fraction of sp³-hybridized carbons (Fsp3) is 0.642. The summed E-state index contributed by atoms with van der Waals surface area (Å²) in [5, 5.41) is 23.7. The molecule has 2 aromatic rings. The lowest BCUT2D eigenvalue weighted by Crippen LogP contribution is -2.64. The lowest BCUT2D eigenvalue weighted by Gasteiger charge is -2.48. The molecular formula is C53H76N2O15. The number of esters is 2. The first kappa shape index (κ1) is 56.5. The van der Waals surface area contributed by atoms with Crippen molar-refractivity contribution in [3.05, 3.63) is 78.2 Å². The molecule has 0 aliphatic carbocycles. The Morgan fingerprint density at radius 2 is 1.66 bits per heavy atom. The van der Waals surface area contributed by atoms with E-state index in [0.717, 1.165) is 22.8 Å². The number of carbonyl (C=O) groups is 4. The SMILES string of the molecule is CC[C@H]1OC(=O)C[C@@H](O)[C@H](C)[C@@H](O[C@@H]2O[C@H](C)[C@@H](O/C=C/Cc3cnc4ccccc4c3)[C@H](N(C)C)[C@H]2OC(C)=O)[C@@H](CC=O)C[C@@H](C)C(=O)/C=C/C(C)=C/[C@@H]1CO[C@@H]1O[C@H](C)[C@@H](O)[C@@H](OC)[C@H]1OC. The molecule has 5 rings (SSSR count). The van der Waals surface area contributed by atoms with Crippen molar-refractivity contribution >= 4 is 34.9 Å². The zero-order valence-electron chi connectivity index (χ0n) is 42.6. The monoisotopic (exact) mass is 981 g/mol. The van der Waals surface area contributed by atoms with Crippen LogP contribution in [0.1, 0.15) is 79.7 Å². The maximum absolute atomic E-state index is 13.9. The van der Waals surface area contributed by atoms with Crippen LogP contribution in [-0.4, -0.2) is 159 Å². The van der Waals surface area contributed by atoms with Gasteiger partial charge in [0.1, 0.15) is 36.8 Å². The topological polar surface area (TPSA) is 208 Å². The van der Waals surface area contributed by atoms with E-state index < -0.39 is 122 Å². The summed E-state index contributed by atoms with van der Waals surface area (Å²) in [6, 6.07) is 9.34. The van der Waals surface area contributed by atoms with Gasteiger partial charge in [0.05, 0.1) is 55.3 Å².